The number of carbonyl (C=O) groups excluding carboxylic acids is 1. The molecule has 0 aliphatic rings. The second-order valence-electron chi connectivity index (χ2n) is 3.81. The van der Waals surface area contributed by atoms with E-state index in [1.54, 1.807) is 33.2 Å². The molecule has 0 aliphatic carbocycles. The molecular weight excluding hydrogens is 222 g/mol. The van der Waals surface area contributed by atoms with Crippen LogP contribution in [0.25, 0.3) is 0 Å². The Labute approximate surface area is 99.3 Å². The number of pyridine rings is 1. The third-order valence-electron chi connectivity index (χ3n) is 2.14. The van der Waals surface area contributed by atoms with Crippen LogP contribution in [0.2, 0.25) is 0 Å². The van der Waals surface area contributed by atoms with Crippen LogP contribution in [0.1, 0.15) is 17.4 Å². The number of likely N-dealkylation sites (N-methyl/N-ethyl adjacent to an activating group) is 1. The van der Waals surface area contributed by atoms with E-state index < -0.39 is 12.0 Å². The molecule has 0 fully saturated rings. The molecule has 92 valence electrons. The van der Waals surface area contributed by atoms with Gasteiger partial charge < -0.3 is 15.3 Å². The number of carbonyl (C=O) groups is 2. The highest BCUT2D eigenvalue weighted by Gasteiger charge is 2.15. The number of hydrogen-bond donors (Lipinski definition) is 2. The Balaban J connectivity index is 2.78. The lowest BCUT2D eigenvalue weighted by Crippen LogP contribution is -2.36. The Bertz CT molecular complexity index is 432. The van der Waals surface area contributed by atoms with E-state index in [-0.39, 0.29) is 11.6 Å². The van der Waals surface area contributed by atoms with Crippen LogP contribution in [0.5, 0.6) is 0 Å². The largest absolute Gasteiger partial charge is 0.477 e. The summed E-state index contributed by atoms with van der Waals surface area (Å²) in [7, 11) is 3.31. The number of aromatic carboxylic acids is 1. The van der Waals surface area contributed by atoms with E-state index >= 15 is 0 Å². The summed E-state index contributed by atoms with van der Waals surface area (Å²) in [6.45, 7) is 1.69. The minimum atomic E-state index is -1.10. The van der Waals surface area contributed by atoms with Gasteiger partial charge in [-0.1, -0.05) is 6.07 Å². The number of anilines is 1. The Kier molecular flexibility index (Phi) is 4.03. The predicted molar refractivity (Wildman–Crippen MR) is 63.0 cm³/mol. The van der Waals surface area contributed by atoms with Crippen molar-refractivity contribution in [1.29, 1.82) is 0 Å². The first-order valence-corrected chi connectivity index (χ1v) is 5.10. The maximum absolute atomic E-state index is 11.6. The second-order valence-corrected chi connectivity index (χ2v) is 3.81. The van der Waals surface area contributed by atoms with Gasteiger partial charge in [-0.05, 0) is 19.1 Å². The number of aromatic nitrogens is 1. The van der Waals surface area contributed by atoms with Gasteiger partial charge in [0.25, 0.3) is 0 Å². The summed E-state index contributed by atoms with van der Waals surface area (Å²) < 4.78 is 0. The van der Waals surface area contributed by atoms with E-state index in [4.69, 9.17) is 5.11 Å². The first kappa shape index (κ1) is 13.0. The average molecular weight is 237 g/mol. The van der Waals surface area contributed by atoms with Crippen LogP contribution in [-0.4, -0.2) is 47.0 Å². The Hall–Kier alpha value is -2.11. The third-order valence-corrected chi connectivity index (χ3v) is 2.14. The van der Waals surface area contributed by atoms with Crippen molar-refractivity contribution in [3.05, 3.63) is 23.9 Å². The minimum Gasteiger partial charge on any atom is -0.477 e. The van der Waals surface area contributed by atoms with Crippen molar-refractivity contribution in [1.82, 2.24) is 9.88 Å². The fourth-order valence-electron chi connectivity index (χ4n) is 1.31. The molecule has 1 rings (SSSR count). The first-order chi connectivity index (χ1) is 7.91. The fourth-order valence-corrected chi connectivity index (χ4v) is 1.31. The molecule has 6 heteroatoms. The summed E-state index contributed by atoms with van der Waals surface area (Å²) in [5, 5.41) is 11.6. The molecule has 1 heterocycles. The van der Waals surface area contributed by atoms with Gasteiger partial charge in [-0.25, -0.2) is 9.78 Å². The molecule has 1 aromatic rings. The van der Waals surface area contributed by atoms with Gasteiger partial charge in [0.2, 0.25) is 5.91 Å². The highest BCUT2D eigenvalue weighted by molar-refractivity contribution is 5.86. The second kappa shape index (κ2) is 5.29. The van der Waals surface area contributed by atoms with E-state index in [0.717, 1.165) is 0 Å². The number of nitrogens with one attached hydrogen (secondary N) is 1. The van der Waals surface area contributed by atoms with Crippen LogP contribution < -0.4 is 5.32 Å². The Morgan fingerprint density at radius 2 is 2.06 bits per heavy atom. The summed E-state index contributed by atoms with van der Waals surface area (Å²) >= 11 is 0. The number of hydrogen-bond acceptors (Lipinski definition) is 4. The maximum Gasteiger partial charge on any atom is 0.354 e. The van der Waals surface area contributed by atoms with Crippen LogP contribution >= 0.6 is 0 Å². The lowest BCUT2D eigenvalue weighted by atomic mass is 10.3. The van der Waals surface area contributed by atoms with Crippen LogP contribution in [0.15, 0.2) is 18.2 Å². The molecule has 1 aromatic heterocycles. The molecule has 17 heavy (non-hydrogen) atoms. The minimum absolute atomic E-state index is 0.0560. The first-order valence-electron chi connectivity index (χ1n) is 5.10. The molecule has 1 amide bonds. The number of amides is 1. The zero-order valence-electron chi connectivity index (χ0n) is 9.97. The predicted octanol–water partition coefficient (Wildman–Crippen LogP) is 0.668. The SMILES string of the molecule is C[C@H](Nc1cccc(C(=O)O)n1)C(=O)N(C)C. The van der Waals surface area contributed by atoms with E-state index in [2.05, 4.69) is 10.3 Å². The number of carboxylic acid groups (broad SMARTS) is 1. The van der Waals surface area contributed by atoms with Gasteiger partial charge in [0, 0.05) is 14.1 Å². The number of nitrogens with zero attached hydrogens (tertiary/aromatic N) is 2. The third kappa shape index (κ3) is 3.44. The lowest BCUT2D eigenvalue weighted by Gasteiger charge is -2.18. The summed E-state index contributed by atoms with van der Waals surface area (Å²) in [4.78, 5) is 27.6. The number of carboxylic acids is 1. The van der Waals surface area contributed by atoms with Crippen molar-refractivity contribution in [2.75, 3.05) is 19.4 Å². The molecule has 0 spiro atoms. The Morgan fingerprint density at radius 3 is 2.59 bits per heavy atom. The monoisotopic (exact) mass is 237 g/mol. The average Bonchev–Trinajstić information content (AvgIpc) is 2.28. The van der Waals surface area contributed by atoms with Crippen LogP contribution in [0.4, 0.5) is 5.82 Å². The van der Waals surface area contributed by atoms with Crippen molar-refractivity contribution in [2.45, 2.75) is 13.0 Å². The normalized spacial score (nSPS) is 11.7. The molecule has 0 saturated carbocycles. The molecule has 0 aliphatic heterocycles. The lowest BCUT2D eigenvalue weighted by molar-refractivity contribution is -0.129. The van der Waals surface area contributed by atoms with Crippen molar-refractivity contribution >= 4 is 17.7 Å². The molecule has 0 unspecified atom stereocenters. The molecule has 1 atom stereocenters. The number of rotatable bonds is 4. The molecule has 2 N–H and O–H groups in total. The molecular formula is C11H15N3O3. The van der Waals surface area contributed by atoms with Gasteiger partial charge in [0.05, 0.1) is 0 Å². The summed E-state index contributed by atoms with van der Waals surface area (Å²) in [6, 6.07) is 4.13. The highest BCUT2D eigenvalue weighted by atomic mass is 16.4. The van der Waals surface area contributed by atoms with Crippen molar-refractivity contribution in [2.24, 2.45) is 0 Å². The van der Waals surface area contributed by atoms with E-state index in [1.165, 1.54) is 11.0 Å². The van der Waals surface area contributed by atoms with Crippen molar-refractivity contribution in [3.63, 3.8) is 0 Å². The van der Waals surface area contributed by atoms with Crippen LogP contribution in [0.3, 0.4) is 0 Å². The zero-order chi connectivity index (χ0) is 13.0. The van der Waals surface area contributed by atoms with Crippen LogP contribution in [-0.2, 0) is 4.79 Å². The van der Waals surface area contributed by atoms with Gasteiger partial charge in [0.1, 0.15) is 11.9 Å². The van der Waals surface area contributed by atoms with Crippen molar-refractivity contribution in [3.8, 4) is 0 Å². The molecule has 0 saturated heterocycles. The van der Waals surface area contributed by atoms with Crippen LogP contribution in [0, 0.1) is 0 Å². The quantitative estimate of drug-likeness (QED) is 0.804. The van der Waals surface area contributed by atoms with E-state index in [1.807, 2.05) is 0 Å². The molecule has 0 aromatic carbocycles. The maximum atomic E-state index is 11.6. The van der Waals surface area contributed by atoms with Gasteiger partial charge >= 0.3 is 5.97 Å². The summed E-state index contributed by atoms with van der Waals surface area (Å²) in [6.07, 6.45) is 0. The van der Waals surface area contributed by atoms with Gasteiger partial charge in [-0.2, -0.15) is 0 Å². The van der Waals surface area contributed by atoms with E-state index in [9.17, 15) is 9.59 Å². The summed E-state index contributed by atoms with van der Waals surface area (Å²) in [5.41, 5.74) is -0.0560. The van der Waals surface area contributed by atoms with Crippen molar-refractivity contribution < 1.29 is 14.7 Å². The standard InChI is InChI=1S/C11H15N3O3/c1-7(10(15)14(2)3)12-9-6-4-5-8(13-9)11(16)17/h4-7H,1-3H3,(H,12,13)(H,16,17)/t7-/m0/s1. The van der Waals surface area contributed by atoms with Gasteiger partial charge in [-0.3, -0.25) is 4.79 Å². The smallest absolute Gasteiger partial charge is 0.354 e. The Morgan fingerprint density at radius 1 is 1.41 bits per heavy atom. The highest BCUT2D eigenvalue weighted by Crippen LogP contribution is 2.07. The van der Waals surface area contributed by atoms with E-state index in [0.29, 0.717) is 5.82 Å². The van der Waals surface area contributed by atoms with Gasteiger partial charge in [0.15, 0.2) is 5.69 Å². The summed E-state index contributed by atoms with van der Waals surface area (Å²) in [5.74, 6) is -0.833. The molecule has 0 bridgehead atoms. The fraction of sp³-hybridized carbons (Fsp3) is 0.364. The topological polar surface area (TPSA) is 82.5 Å². The molecule has 0 radical (unpaired) electrons. The van der Waals surface area contributed by atoms with Gasteiger partial charge in [-0.15, -0.1) is 0 Å². The zero-order valence-corrected chi connectivity index (χ0v) is 9.97. The molecule has 6 nitrogen and oxygen atoms in total.